The molecular formula is C15H21NO3. The average Bonchev–Trinajstić information content (AvgIpc) is 2.72. The number of hydrogen-bond acceptors (Lipinski definition) is 3. The monoisotopic (exact) mass is 263 g/mol. The van der Waals surface area contributed by atoms with Crippen LogP contribution < -0.4 is 0 Å². The lowest BCUT2D eigenvalue weighted by molar-refractivity contribution is -0.142. The van der Waals surface area contributed by atoms with Gasteiger partial charge in [-0.3, -0.25) is 9.69 Å². The number of hydrogen-bond donors (Lipinski definition) is 1. The van der Waals surface area contributed by atoms with Gasteiger partial charge in [-0.2, -0.15) is 0 Å². The Morgan fingerprint density at radius 2 is 2.21 bits per heavy atom. The topological polar surface area (TPSA) is 49.8 Å². The van der Waals surface area contributed by atoms with Crippen LogP contribution in [0.25, 0.3) is 0 Å². The minimum atomic E-state index is -0.678. The maximum atomic E-state index is 11.1. The van der Waals surface area contributed by atoms with E-state index in [1.807, 2.05) is 19.1 Å². The van der Waals surface area contributed by atoms with Gasteiger partial charge >= 0.3 is 5.97 Å². The van der Waals surface area contributed by atoms with Crippen LogP contribution in [-0.2, 0) is 22.7 Å². The first kappa shape index (κ1) is 14.0. The van der Waals surface area contributed by atoms with Crippen molar-refractivity contribution in [1.29, 1.82) is 0 Å². The fourth-order valence-corrected chi connectivity index (χ4v) is 2.78. The lowest BCUT2D eigenvalue weighted by Gasteiger charge is -2.23. The normalized spacial score (nSPS) is 23.7. The molecule has 19 heavy (non-hydrogen) atoms. The molecule has 1 fully saturated rings. The number of ether oxygens (including phenoxy) is 1. The minimum Gasteiger partial charge on any atom is -0.481 e. The minimum absolute atomic E-state index is 0.101. The van der Waals surface area contributed by atoms with Crippen LogP contribution in [0.1, 0.15) is 24.5 Å². The molecule has 1 heterocycles. The average molecular weight is 263 g/mol. The van der Waals surface area contributed by atoms with Gasteiger partial charge < -0.3 is 9.84 Å². The number of nitrogens with zero attached hydrogens (tertiary/aromatic N) is 1. The summed E-state index contributed by atoms with van der Waals surface area (Å²) in [5.41, 5.74) is 2.37. The van der Waals surface area contributed by atoms with Crippen LogP contribution in [0.4, 0.5) is 0 Å². The summed E-state index contributed by atoms with van der Waals surface area (Å²) in [5, 5.41) is 9.14. The molecule has 0 aliphatic carbocycles. The molecule has 2 atom stereocenters. The van der Waals surface area contributed by atoms with E-state index < -0.39 is 5.97 Å². The fraction of sp³-hybridized carbons (Fsp3) is 0.533. The number of carboxylic acids is 1. The van der Waals surface area contributed by atoms with E-state index in [-0.39, 0.29) is 12.0 Å². The highest BCUT2D eigenvalue weighted by Gasteiger charge is 2.35. The van der Waals surface area contributed by atoms with Crippen LogP contribution in [0.5, 0.6) is 0 Å². The summed E-state index contributed by atoms with van der Waals surface area (Å²) in [6.07, 6.45) is 0.744. The summed E-state index contributed by atoms with van der Waals surface area (Å²) in [7, 11) is 1.69. The summed E-state index contributed by atoms with van der Waals surface area (Å²) in [5.74, 6) is -0.912. The van der Waals surface area contributed by atoms with E-state index in [0.717, 1.165) is 25.1 Å². The maximum absolute atomic E-state index is 11.1. The summed E-state index contributed by atoms with van der Waals surface area (Å²) in [6, 6.07) is 8.38. The molecule has 0 saturated carbocycles. The third kappa shape index (κ3) is 3.33. The highest BCUT2D eigenvalue weighted by Crippen LogP contribution is 2.26. The first-order valence-corrected chi connectivity index (χ1v) is 6.65. The number of benzene rings is 1. The van der Waals surface area contributed by atoms with E-state index >= 15 is 0 Å². The van der Waals surface area contributed by atoms with Gasteiger partial charge in [-0.25, -0.2) is 0 Å². The zero-order valence-corrected chi connectivity index (χ0v) is 11.5. The van der Waals surface area contributed by atoms with Crippen LogP contribution in [0, 0.1) is 5.92 Å². The lowest BCUT2D eigenvalue weighted by atomic mass is 10.0. The molecule has 1 N–H and O–H groups in total. The van der Waals surface area contributed by atoms with Crippen molar-refractivity contribution in [2.24, 2.45) is 5.92 Å². The summed E-state index contributed by atoms with van der Waals surface area (Å²) in [6.45, 7) is 4.28. The van der Waals surface area contributed by atoms with E-state index in [0.29, 0.717) is 6.61 Å². The van der Waals surface area contributed by atoms with Crippen molar-refractivity contribution in [2.75, 3.05) is 13.7 Å². The van der Waals surface area contributed by atoms with Gasteiger partial charge in [-0.15, -0.1) is 0 Å². The molecule has 0 spiro atoms. The molecule has 2 rings (SSSR count). The third-order valence-corrected chi connectivity index (χ3v) is 3.89. The van der Waals surface area contributed by atoms with Crippen molar-refractivity contribution in [3.05, 3.63) is 35.4 Å². The summed E-state index contributed by atoms with van der Waals surface area (Å²) >= 11 is 0. The Bertz CT molecular complexity index is 447. The first-order valence-electron chi connectivity index (χ1n) is 6.65. The van der Waals surface area contributed by atoms with Gasteiger partial charge in [0.1, 0.15) is 0 Å². The van der Waals surface area contributed by atoms with Gasteiger partial charge in [-0.1, -0.05) is 24.3 Å². The highest BCUT2D eigenvalue weighted by atomic mass is 16.5. The molecule has 0 radical (unpaired) electrons. The molecule has 1 aromatic carbocycles. The van der Waals surface area contributed by atoms with Crippen LogP contribution in [0.2, 0.25) is 0 Å². The molecule has 2 unspecified atom stereocenters. The van der Waals surface area contributed by atoms with Gasteiger partial charge in [0.15, 0.2) is 0 Å². The summed E-state index contributed by atoms with van der Waals surface area (Å²) in [4.78, 5) is 13.3. The molecule has 0 bridgehead atoms. The highest BCUT2D eigenvalue weighted by molar-refractivity contribution is 5.71. The second-order valence-corrected chi connectivity index (χ2v) is 5.20. The maximum Gasteiger partial charge on any atom is 0.308 e. The number of aliphatic carboxylic acids is 1. The van der Waals surface area contributed by atoms with Crippen molar-refractivity contribution in [3.8, 4) is 0 Å². The number of carbonyl (C=O) groups is 1. The lowest BCUT2D eigenvalue weighted by Crippen LogP contribution is -2.32. The quantitative estimate of drug-likeness (QED) is 0.884. The fourth-order valence-electron chi connectivity index (χ4n) is 2.78. The Balaban J connectivity index is 2.01. The predicted octanol–water partition coefficient (Wildman–Crippen LogP) is 2.13. The molecule has 1 aromatic rings. The van der Waals surface area contributed by atoms with Crippen molar-refractivity contribution < 1.29 is 14.6 Å². The van der Waals surface area contributed by atoms with Crippen LogP contribution in [0.3, 0.4) is 0 Å². The predicted molar refractivity (Wildman–Crippen MR) is 72.8 cm³/mol. The zero-order chi connectivity index (χ0) is 13.8. The van der Waals surface area contributed by atoms with Crippen LogP contribution in [0.15, 0.2) is 24.3 Å². The molecule has 0 aromatic heterocycles. The molecule has 104 valence electrons. The van der Waals surface area contributed by atoms with Gasteiger partial charge in [0.05, 0.1) is 12.5 Å². The molecule has 1 aliphatic rings. The first-order chi connectivity index (χ1) is 9.11. The zero-order valence-electron chi connectivity index (χ0n) is 11.5. The van der Waals surface area contributed by atoms with Crippen molar-refractivity contribution >= 4 is 5.97 Å². The van der Waals surface area contributed by atoms with Crippen LogP contribution in [-0.4, -0.2) is 35.7 Å². The Labute approximate surface area is 114 Å². The molecule has 1 saturated heterocycles. The standard InChI is InChI=1S/C15H21NO3/c1-11-14(15(17)18)6-7-16(11)9-12-4-3-5-13(8-12)10-19-2/h3-5,8,11,14H,6-7,9-10H2,1-2H3,(H,17,18). The number of methoxy groups -OCH3 is 1. The van der Waals surface area contributed by atoms with Gasteiger partial charge in [0, 0.05) is 19.7 Å². The molecular weight excluding hydrogens is 242 g/mol. The molecule has 4 nitrogen and oxygen atoms in total. The Kier molecular flexibility index (Phi) is 4.56. The number of rotatable bonds is 5. The van der Waals surface area contributed by atoms with E-state index in [9.17, 15) is 4.79 Å². The summed E-state index contributed by atoms with van der Waals surface area (Å²) < 4.78 is 5.13. The third-order valence-electron chi connectivity index (χ3n) is 3.89. The Morgan fingerprint density at radius 3 is 2.84 bits per heavy atom. The van der Waals surface area contributed by atoms with E-state index in [2.05, 4.69) is 17.0 Å². The van der Waals surface area contributed by atoms with Crippen LogP contribution >= 0.6 is 0 Å². The van der Waals surface area contributed by atoms with Crippen molar-refractivity contribution in [3.63, 3.8) is 0 Å². The van der Waals surface area contributed by atoms with E-state index in [1.54, 1.807) is 7.11 Å². The largest absolute Gasteiger partial charge is 0.481 e. The van der Waals surface area contributed by atoms with E-state index in [4.69, 9.17) is 9.84 Å². The smallest absolute Gasteiger partial charge is 0.308 e. The van der Waals surface area contributed by atoms with Gasteiger partial charge in [0.2, 0.25) is 0 Å². The molecule has 1 aliphatic heterocycles. The molecule has 4 heteroatoms. The second-order valence-electron chi connectivity index (χ2n) is 5.20. The van der Waals surface area contributed by atoms with Gasteiger partial charge in [-0.05, 0) is 31.0 Å². The van der Waals surface area contributed by atoms with Gasteiger partial charge in [0.25, 0.3) is 0 Å². The van der Waals surface area contributed by atoms with E-state index in [1.165, 1.54) is 5.56 Å². The van der Waals surface area contributed by atoms with Crippen molar-refractivity contribution in [1.82, 2.24) is 4.90 Å². The second kappa shape index (κ2) is 6.17. The SMILES string of the molecule is COCc1cccc(CN2CCC(C(=O)O)C2C)c1. The van der Waals surface area contributed by atoms with Crippen molar-refractivity contribution in [2.45, 2.75) is 32.5 Å². The molecule has 0 amide bonds. The number of carboxylic acid groups (broad SMARTS) is 1. The Morgan fingerprint density at radius 1 is 1.47 bits per heavy atom. The number of likely N-dealkylation sites (tertiary alicyclic amines) is 1. The Hall–Kier alpha value is -1.39.